The third-order valence-electron chi connectivity index (χ3n) is 5.54. The number of nitrogens with zero attached hydrogens (tertiary/aromatic N) is 2. The first-order chi connectivity index (χ1) is 16.1. The molecular formula is C23H38N6O4S. The summed E-state index contributed by atoms with van der Waals surface area (Å²) in [6, 6.07) is 7.32. The summed E-state index contributed by atoms with van der Waals surface area (Å²) in [5.74, 6) is -0.647. The molecule has 0 radical (unpaired) electrons. The second-order valence-electron chi connectivity index (χ2n) is 9.04. The van der Waals surface area contributed by atoms with Gasteiger partial charge < -0.3 is 21.7 Å². The number of likely N-dealkylation sites (tertiary alicyclic amines) is 1. The van der Waals surface area contributed by atoms with Gasteiger partial charge >= 0.3 is 0 Å². The summed E-state index contributed by atoms with van der Waals surface area (Å²) in [5.41, 5.74) is 11.2. The predicted molar refractivity (Wildman–Crippen MR) is 133 cm³/mol. The molecule has 1 aromatic rings. The van der Waals surface area contributed by atoms with Crippen molar-refractivity contribution >= 4 is 27.8 Å². The monoisotopic (exact) mass is 494 g/mol. The van der Waals surface area contributed by atoms with Gasteiger partial charge in [0.25, 0.3) is 0 Å². The Balaban J connectivity index is 1.99. The van der Waals surface area contributed by atoms with E-state index in [1.807, 2.05) is 19.9 Å². The molecule has 6 N–H and O–H groups in total. The van der Waals surface area contributed by atoms with Crippen LogP contribution in [0.3, 0.4) is 0 Å². The van der Waals surface area contributed by atoms with E-state index in [-0.39, 0.29) is 29.4 Å². The molecule has 0 aliphatic carbocycles. The summed E-state index contributed by atoms with van der Waals surface area (Å²) in [4.78, 5) is 31.6. The average molecular weight is 495 g/mol. The molecule has 1 saturated heterocycles. The van der Waals surface area contributed by atoms with Gasteiger partial charge in [-0.1, -0.05) is 44.2 Å². The molecule has 1 fully saturated rings. The predicted octanol–water partition coefficient (Wildman–Crippen LogP) is 0.682. The molecule has 1 aromatic carbocycles. The van der Waals surface area contributed by atoms with Crippen LogP contribution < -0.4 is 21.5 Å². The Morgan fingerprint density at radius 3 is 2.53 bits per heavy atom. The van der Waals surface area contributed by atoms with Gasteiger partial charge in [-0.25, -0.2) is 13.1 Å². The maximum absolute atomic E-state index is 13.4. The minimum absolute atomic E-state index is 0.0412. The Morgan fingerprint density at radius 1 is 1.18 bits per heavy atom. The number of carbonyl (C=O) groups is 2. The van der Waals surface area contributed by atoms with E-state index in [0.717, 1.165) is 6.42 Å². The number of aliphatic imine (C=N–C) groups is 1. The van der Waals surface area contributed by atoms with E-state index in [2.05, 4.69) is 15.0 Å². The highest BCUT2D eigenvalue weighted by Gasteiger charge is 2.38. The molecule has 10 nitrogen and oxygen atoms in total. The van der Waals surface area contributed by atoms with Crippen LogP contribution in [0, 0.1) is 5.92 Å². The second kappa shape index (κ2) is 13.3. The molecule has 0 spiro atoms. The Morgan fingerprint density at radius 2 is 1.88 bits per heavy atom. The zero-order valence-electron chi connectivity index (χ0n) is 20.1. The van der Waals surface area contributed by atoms with E-state index in [9.17, 15) is 18.0 Å². The molecule has 2 atom stereocenters. The third kappa shape index (κ3) is 9.30. The lowest BCUT2D eigenvalue weighted by Crippen LogP contribution is -2.54. The van der Waals surface area contributed by atoms with Crippen molar-refractivity contribution in [1.29, 1.82) is 0 Å². The number of carbonyl (C=O) groups excluding carboxylic acids is 2. The fourth-order valence-corrected chi connectivity index (χ4v) is 5.35. The highest BCUT2D eigenvalue weighted by Crippen LogP contribution is 2.21. The molecule has 0 unspecified atom stereocenters. The molecule has 0 bridgehead atoms. The summed E-state index contributed by atoms with van der Waals surface area (Å²) in [6.45, 7) is 5.24. The highest BCUT2D eigenvalue weighted by atomic mass is 32.2. The zero-order chi connectivity index (χ0) is 25.1. The average Bonchev–Trinajstić information content (AvgIpc) is 3.24. The van der Waals surface area contributed by atoms with Gasteiger partial charge in [0, 0.05) is 19.6 Å². The number of guanidine groups is 1. The van der Waals surface area contributed by atoms with E-state index < -0.39 is 22.1 Å². The van der Waals surface area contributed by atoms with Crippen molar-refractivity contribution in [3.05, 3.63) is 35.9 Å². The highest BCUT2D eigenvalue weighted by molar-refractivity contribution is 7.88. The van der Waals surface area contributed by atoms with Gasteiger partial charge in [-0.15, -0.1) is 0 Å². The first-order valence-corrected chi connectivity index (χ1v) is 13.4. The van der Waals surface area contributed by atoms with Crippen LogP contribution in [0.5, 0.6) is 0 Å². The van der Waals surface area contributed by atoms with Crippen molar-refractivity contribution in [2.24, 2.45) is 22.4 Å². The molecule has 34 heavy (non-hydrogen) atoms. The SMILES string of the molecule is CC(C)C[C@H](NS(=O)(=O)Cc1ccccc1)C(=O)N1CCC[C@H]1C(=O)NCCCCN=C(N)N. The molecular weight excluding hydrogens is 456 g/mol. The van der Waals surface area contributed by atoms with E-state index in [4.69, 9.17) is 11.5 Å². The van der Waals surface area contributed by atoms with E-state index in [0.29, 0.717) is 50.9 Å². The summed E-state index contributed by atoms with van der Waals surface area (Å²) in [5, 5.41) is 2.88. The van der Waals surface area contributed by atoms with Crippen LogP contribution >= 0.6 is 0 Å². The van der Waals surface area contributed by atoms with Crippen LogP contribution in [0.1, 0.15) is 51.5 Å². The number of nitrogens with two attached hydrogens (primary N) is 2. The van der Waals surface area contributed by atoms with Gasteiger partial charge in [-0.05, 0) is 43.6 Å². The number of sulfonamides is 1. The Hall–Kier alpha value is -2.66. The fourth-order valence-electron chi connectivity index (χ4n) is 4.00. The van der Waals surface area contributed by atoms with Crippen molar-refractivity contribution in [3.8, 4) is 0 Å². The van der Waals surface area contributed by atoms with Crippen LogP contribution in [0.25, 0.3) is 0 Å². The van der Waals surface area contributed by atoms with Crippen LogP contribution in [0.2, 0.25) is 0 Å². The third-order valence-corrected chi connectivity index (χ3v) is 6.90. The molecule has 190 valence electrons. The number of amides is 2. The zero-order valence-corrected chi connectivity index (χ0v) is 20.9. The van der Waals surface area contributed by atoms with Crippen molar-refractivity contribution in [2.45, 2.75) is 63.8 Å². The maximum Gasteiger partial charge on any atom is 0.242 e. The smallest absolute Gasteiger partial charge is 0.242 e. The summed E-state index contributed by atoms with van der Waals surface area (Å²) in [7, 11) is -3.75. The Bertz CT molecular complexity index is 932. The number of benzene rings is 1. The van der Waals surface area contributed by atoms with Gasteiger partial charge in [-0.2, -0.15) is 0 Å². The Kier molecular flexibility index (Phi) is 10.8. The minimum atomic E-state index is -3.75. The van der Waals surface area contributed by atoms with Gasteiger partial charge in [0.15, 0.2) is 5.96 Å². The number of hydrogen-bond donors (Lipinski definition) is 4. The first kappa shape index (κ1) is 27.6. The number of hydrogen-bond acceptors (Lipinski definition) is 5. The van der Waals surface area contributed by atoms with Crippen LogP contribution in [0.4, 0.5) is 0 Å². The molecule has 2 rings (SSSR count). The van der Waals surface area contributed by atoms with Crippen molar-refractivity contribution < 1.29 is 18.0 Å². The molecule has 11 heteroatoms. The molecule has 0 saturated carbocycles. The van der Waals surface area contributed by atoms with Crippen molar-refractivity contribution in [1.82, 2.24) is 14.9 Å². The number of unbranched alkanes of at least 4 members (excludes halogenated alkanes) is 1. The lowest BCUT2D eigenvalue weighted by atomic mass is 10.0. The molecule has 2 amide bonds. The van der Waals surface area contributed by atoms with E-state index in [1.165, 1.54) is 4.90 Å². The van der Waals surface area contributed by atoms with Crippen LogP contribution in [-0.4, -0.2) is 62.8 Å². The largest absolute Gasteiger partial charge is 0.370 e. The molecule has 1 aliphatic rings. The Labute approximate surface area is 202 Å². The minimum Gasteiger partial charge on any atom is -0.370 e. The standard InChI is InChI=1S/C23H38N6O4S/c1-17(2)15-19(28-34(32,33)16-18-9-4-3-5-10-18)22(31)29-14-8-11-20(29)21(30)26-12-6-7-13-27-23(24)25/h3-5,9-10,17,19-20,28H,6-8,11-16H2,1-2H3,(H,26,30)(H4,24,25,27)/t19-,20-/m0/s1. The summed E-state index contributed by atoms with van der Waals surface area (Å²) >= 11 is 0. The fraction of sp³-hybridized carbons (Fsp3) is 0.609. The first-order valence-electron chi connectivity index (χ1n) is 11.8. The lowest BCUT2D eigenvalue weighted by Gasteiger charge is -2.29. The van der Waals surface area contributed by atoms with Gasteiger partial charge in [0.1, 0.15) is 12.1 Å². The number of rotatable bonds is 13. The van der Waals surface area contributed by atoms with Crippen molar-refractivity contribution in [2.75, 3.05) is 19.6 Å². The summed E-state index contributed by atoms with van der Waals surface area (Å²) < 4.78 is 28.2. The van der Waals surface area contributed by atoms with Crippen LogP contribution in [0.15, 0.2) is 35.3 Å². The van der Waals surface area contributed by atoms with Gasteiger partial charge in [0.2, 0.25) is 21.8 Å². The topological polar surface area (TPSA) is 160 Å². The van der Waals surface area contributed by atoms with E-state index >= 15 is 0 Å². The van der Waals surface area contributed by atoms with Crippen LogP contribution in [-0.2, 0) is 25.4 Å². The quantitative estimate of drug-likeness (QED) is 0.179. The van der Waals surface area contributed by atoms with Gasteiger partial charge in [0.05, 0.1) is 5.75 Å². The van der Waals surface area contributed by atoms with Crippen molar-refractivity contribution in [3.63, 3.8) is 0 Å². The maximum atomic E-state index is 13.4. The van der Waals surface area contributed by atoms with E-state index in [1.54, 1.807) is 24.3 Å². The second-order valence-corrected chi connectivity index (χ2v) is 10.8. The lowest BCUT2D eigenvalue weighted by molar-refractivity contribution is -0.140. The molecule has 0 aromatic heterocycles. The number of nitrogens with one attached hydrogen (secondary N) is 2. The summed E-state index contributed by atoms with van der Waals surface area (Å²) in [6.07, 6.45) is 3.03. The molecule has 1 heterocycles. The normalized spacial score (nSPS) is 16.9. The van der Waals surface area contributed by atoms with Gasteiger partial charge in [-0.3, -0.25) is 14.6 Å². The molecule has 1 aliphatic heterocycles.